The van der Waals surface area contributed by atoms with Gasteiger partial charge in [0, 0.05) is 42.5 Å². The molecule has 0 saturated carbocycles. The lowest BCUT2D eigenvalue weighted by molar-refractivity contribution is -0.137. The molecule has 12 heteroatoms. The molecule has 37 heavy (non-hydrogen) atoms. The van der Waals surface area contributed by atoms with Crippen molar-refractivity contribution in [1.29, 1.82) is 0 Å². The number of aliphatic hydroxyl groups is 1. The molecular weight excluding hydrogens is 489 g/mol. The van der Waals surface area contributed by atoms with Crippen LogP contribution in [-0.4, -0.2) is 64.9 Å². The maximum absolute atomic E-state index is 13.1. The van der Waals surface area contributed by atoms with E-state index in [1.807, 2.05) is 0 Å². The molecule has 3 N–H and O–H groups in total. The number of hydrogen-bond acceptors (Lipinski definition) is 8. The van der Waals surface area contributed by atoms with Gasteiger partial charge in [-0.25, -0.2) is 4.98 Å². The molecule has 0 bridgehead atoms. The van der Waals surface area contributed by atoms with Crippen molar-refractivity contribution < 1.29 is 27.8 Å². The summed E-state index contributed by atoms with van der Waals surface area (Å²) in [6, 6.07) is 7.68. The number of aromatic nitrogens is 3. The van der Waals surface area contributed by atoms with Gasteiger partial charge in [0.2, 0.25) is 5.95 Å². The number of nitrogens with zero attached hydrogens (tertiary/aromatic N) is 4. The maximum Gasteiger partial charge on any atom is 0.416 e. The van der Waals surface area contributed by atoms with Gasteiger partial charge in [0.15, 0.2) is 0 Å². The lowest BCUT2D eigenvalue weighted by atomic mass is 10.1. The first-order valence-electron chi connectivity index (χ1n) is 11.7. The van der Waals surface area contributed by atoms with Gasteiger partial charge in [0.25, 0.3) is 5.91 Å². The highest BCUT2D eigenvalue weighted by atomic mass is 19.4. The Balaban J connectivity index is 1.64. The molecule has 3 aromatic rings. The lowest BCUT2D eigenvalue weighted by Gasteiger charge is -2.28. The summed E-state index contributed by atoms with van der Waals surface area (Å²) in [5.41, 5.74) is 1.04. The number of nitrogens with one attached hydrogen (secondary N) is 2. The van der Waals surface area contributed by atoms with Crippen LogP contribution in [0.4, 0.5) is 30.6 Å². The zero-order valence-corrected chi connectivity index (χ0v) is 20.3. The van der Waals surface area contributed by atoms with Gasteiger partial charge in [-0.3, -0.25) is 9.78 Å². The second-order valence-electron chi connectivity index (χ2n) is 8.65. The van der Waals surface area contributed by atoms with E-state index >= 15 is 0 Å². The van der Waals surface area contributed by atoms with Crippen LogP contribution in [0.3, 0.4) is 0 Å². The monoisotopic (exact) mass is 516 g/mol. The smallest absolute Gasteiger partial charge is 0.392 e. The van der Waals surface area contributed by atoms with Crippen LogP contribution in [0.2, 0.25) is 0 Å². The number of aliphatic hydroxyl groups excluding tert-OH is 1. The van der Waals surface area contributed by atoms with E-state index in [4.69, 9.17) is 4.74 Å². The van der Waals surface area contributed by atoms with E-state index in [2.05, 4.69) is 30.5 Å². The van der Waals surface area contributed by atoms with Gasteiger partial charge in [-0.15, -0.1) is 0 Å². The van der Waals surface area contributed by atoms with Crippen molar-refractivity contribution in [2.45, 2.75) is 26.1 Å². The Hall–Kier alpha value is -3.77. The zero-order chi connectivity index (χ0) is 26.6. The van der Waals surface area contributed by atoms with E-state index in [-0.39, 0.29) is 12.1 Å². The summed E-state index contributed by atoms with van der Waals surface area (Å²) >= 11 is 0. The minimum atomic E-state index is -4.56. The van der Waals surface area contributed by atoms with Crippen molar-refractivity contribution in [3.8, 4) is 11.3 Å². The molecular formula is C25H27F3N6O3. The minimum Gasteiger partial charge on any atom is -0.392 e. The average Bonchev–Trinajstić information content (AvgIpc) is 2.88. The SMILES string of the molecule is Cc1ncc(NC(=O)c2cccc(C(F)(F)F)c2)cc1-c1cc(N2CCOCC2)nc(NC[C@@H](C)O)n1. The van der Waals surface area contributed by atoms with Crippen molar-refractivity contribution in [1.82, 2.24) is 15.0 Å². The number of ether oxygens (including phenoxy) is 1. The number of carbonyl (C=O) groups is 1. The predicted molar refractivity (Wildman–Crippen MR) is 133 cm³/mol. The molecule has 1 atom stereocenters. The number of morpholine rings is 1. The number of alkyl halides is 3. The van der Waals surface area contributed by atoms with Crippen LogP contribution in [-0.2, 0) is 10.9 Å². The van der Waals surface area contributed by atoms with Crippen molar-refractivity contribution in [3.63, 3.8) is 0 Å². The van der Waals surface area contributed by atoms with Gasteiger partial charge in [-0.1, -0.05) is 6.07 Å². The Kier molecular flexibility index (Phi) is 7.89. The van der Waals surface area contributed by atoms with E-state index < -0.39 is 23.8 Å². The number of anilines is 3. The molecule has 1 saturated heterocycles. The molecule has 4 rings (SSSR count). The summed E-state index contributed by atoms with van der Waals surface area (Å²) in [4.78, 5) is 28.3. The predicted octanol–water partition coefficient (Wildman–Crippen LogP) is 3.75. The molecule has 2 aromatic heterocycles. The molecule has 0 radical (unpaired) electrons. The van der Waals surface area contributed by atoms with E-state index in [0.29, 0.717) is 60.7 Å². The van der Waals surface area contributed by atoms with E-state index in [9.17, 15) is 23.1 Å². The Labute approximate surface area is 211 Å². The topological polar surface area (TPSA) is 113 Å². The van der Waals surface area contributed by atoms with Crippen LogP contribution >= 0.6 is 0 Å². The fourth-order valence-corrected chi connectivity index (χ4v) is 3.75. The minimum absolute atomic E-state index is 0.127. The van der Waals surface area contributed by atoms with Crippen molar-refractivity contribution >= 4 is 23.4 Å². The number of hydrogen-bond donors (Lipinski definition) is 3. The summed E-state index contributed by atoms with van der Waals surface area (Å²) in [7, 11) is 0. The van der Waals surface area contributed by atoms with Crippen LogP contribution in [0, 0.1) is 6.92 Å². The van der Waals surface area contributed by atoms with E-state index in [1.165, 1.54) is 18.3 Å². The highest BCUT2D eigenvalue weighted by molar-refractivity contribution is 6.04. The van der Waals surface area contributed by atoms with Gasteiger partial charge in [0.05, 0.1) is 42.5 Å². The summed E-state index contributed by atoms with van der Waals surface area (Å²) in [5, 5.41) is 15.3. The molecule has 3 heterocycles. The number of pyridine rings is 1. The summed E-state index contributed by atoms with van der Waals surface area (Å²) in [6.07, 6.45) is -3.74. The number of aryl methyl sites for hydroxylation is 1. The van der Waals surface area contributed by atoms with Crippen LogP contribution in [0.15, 0.2) is 42.6 Å². The number of carbonyl (C=O) groups excluding carboxylic acids is 1. The quantitative estimate of drug-likeness (QED) is 0.435. The third kappa shape index (κ3) is 6.71. The first-order chi connectivity index (χ1) is 17.6. The van der Waals surface area contributed by atoms with Crippen molar-refractivity contribution in [2.75, 3.05) is 48.4 Å². The summed E-state index contributed by atoms with van der Waals surface area (Å²) < 4.78 is 44.6. The fourth-order valence-electron chi connectivity index (χ4n) is 3.75. The first-order valence-corrected chi connectivity index (χ1v) is 11.7. The largest absolute Gasteiger partial charge is 0.416 e. The van der Waals surface area contributed by atoms with Crippen LogP contribution in [0.5, 0.6) is 0 Å². The average molecular weight is 517 g/mol. The van der Waals surface area contributed by atoms with Gasteiger partial charge >= 0.3 is 6.18 Å². The standard InChI is InChI=1S/C25H27F3N6O3/c1-15(35)13-30-24-32-21(12-22(33-24)34-6-8-37-9-7-34)20-11-19(14-29-16(20)2)31-23(36)17-4-3-5-18(10-17)25(26,27)28/h3-5,10-12,14-15,35H,6-9,13H2,1-2H3,(H,31,36)(H,30,32,33)/t15-/m1/s1. The van der Waals surface area contributed by atoms with Gasteiger partial charge in [-0.05, 0) is 38.1 Å². The third-order valence-electron chi connectivity index (χ3n) is 5.68. The molecule has 0 aliphatic carbocycles. The maximum atomic E-state index is 13.1. The first kappa shape index (κ1) is 26.3. The van der Waals surface area contributed by atoms with Gasteiger partial charge in [-0.2, -0.15) is 18.2 Å². The molecule has 1 aliphatic heterocycles. The number of halogens is 3. The number of rotatable bonds is 7. The van der Waals surface area contributed by atoms with E-state index in [0.717, 1.165) is 12.1 Å². The zero-order valence-electron chi connectivity index (χ0n) is 20.3. The van der Waals surface area contributed by atoms with Crippen molar-refractivity contribution in [3.05, 3.63) is 59.4 Å². The molecule has 1 aromatic carbocycles. The summed E-state index contributed by atoms with van der Waals surface area (Å²) in [5.74, 6) is 0.288. The van der Waals surface area contributed by atoms with Gasteiger partial charge < -0.3 is 25.4 Å². The normalized spacial score (nSPS) is 14.8. The van der Waals surface area contributed by atoms with Crippen molar-refractivity contribution in [2.24, 2.45) is 0 Å². The molecule has 1 aliphatic rings. The van der Waals surface area contributed by atoms with E-state index in [1.54, 1.807) is 26.0 Å². The number of benzene rings is 1. The molecule has 0 spiro atoms. The van der Waals surface area contributed by atoms with Crippen LogP contribution in [0.1, 0.15) is 28.5 Å². The Bertz CT molecular complexity index is 1260. The molecule has 1 amide bonds. The Morgan fingerprint density at radius 3 is 2.65 bits per heavy atom. The molecule has 0 unspecified atom stereocenters. The Morgan fingerprint density at radius 1 is 1.19 bits per heavy atom. The fraction of sp³-hybridized carbons (Fsp3) is 0.360. The van der Waals surface area contributed by atoms with Gasteiger partial charge in [0.1, 0.15) is 5.82 Å². The highest BCUT2D eigenvalue weighted by Gasteiger charge is 2.31. The second kappa shape index (κ2) is 11.1. The van der Waals surface area contributed by atoms with Crippen LogP contribution in [0.25, 0.3) is 11.3 Å². The highest BCUT2D eigenvalue weighted by Crippen LogP contribution is 2.31. The lowest BCUT2D eigenvalue weighted by Crippen LogP contribution is -2.37. The molecule has 9 nitrogen and oxygen atoms in total. The summed E-state index contributed by atoms with van der Waals surface area (Å²) in [6.45, 7) is 6.10. The van der Waals surface area contributed by atoms with Crippen LogP contribution < -0.4 is 15.5 Å². The third-order valence-corrected chi connectivity index (χ3v) is 5.68. The molecule has 196 valence electrons. The number of amides is 1. The second-order valence-corrected chi connectivity index (χ2v) is 8.65. The molecule has 1 fully saturated rings. The Morgan fingerprint density at radius 2 is 1.95 bits per heavy atom.